The Hall–Kier alpha value is -4.11. The average molecular weight is 388 g/mol. The molecule has 0 fully saturated rings. The molecule has 0 N–H and O–H groups in total. The third-order valence-electron chi connectivity index (χ3n) is 5.41. The van der Waals surface area contributed by atoms with Crippen LogP contribution >= 0.6 is 0 Å². The monoisotopic (exact) mass is 388 g/mol. The zero-order valence-corrected chi connectivity index (χ0v) is 16.0. The van der Waals surface area contributed by atoms with Crippen molar-refractivity contribution in [1.82, 2.24) is 0 Å². The van der Waals surface area contributed by atoms with Crippen LogP contribution in [0.15, 0.2) is 97.1 Å². The molecule has 142 valence electrons. The normalized spacial score (nSPS) is 11.7. The summed E-state index contributed by atoms with van der Waals surface area (Å²) in [5.74, 6) is -0.408. The van der Waals surface area contributed by atoms with Crippen LogP contribution in [0.25, 0.3) is 11.1 Å². The lowest BCUT2D eigenvalue weighted by atomic mass is 9.97. The summed E-state index contributed by atoms with van der Waals surface area (Å²) in [6.45, 7) is 0. The fourth-order valence-electron chi connectivity index (χ4n) is 3.87. The van der Waals surface area contributed by atoms with Gasteiger partial charge in [-0.2, -0.15) is 0 Å². The molecular weight excluding hydrogens is 372 g/mol. The second kappa shape index (κ2) is 7.05. The van der Waals surface area contributed by atoms with Crippen molar-refractivity contribution in [3.05, 3.63) is 130 Å². The lowest BCUT2D eigenvalue weighted by molar-refractivity contribution is 0.103. The molecule has 0 unspecified atom stereocenters. The van der Waals surface area contributed by atoms with Crippen LogP contribution < -0.4 is 0 Å². The minimum absolute atomic E-state index is 0.123. The van der Waals surface area contributed by atoms with Crippen LogP contribution in [0.3, 0.4) is 0 Å². The molecular formula is C27H16O3. The van der Waals surface area contributed by atoms with Crippen molar-refractivity contribution in [2.45, 2.75) is 0 Å². The lowest BCUT2D eigenvalue weighted by Crippen LogP contribution is -2.04. The van der Waals surface area contributed by atoms with Crippen LogP contribution in [0.2, 0.25) is 0 Å². The maximum absolute atomic E-state index is 13.1. The Balaban J connectivity index is 1.52. The predicted molar refractivity (Wildman–Crippen MR) is 115 cm³/mol. The first-order chi connectivity index (χ1) is 14.6. The van der Waals surface area contributed by atoms with E-state index in [1.807, 2.05) is 48.5 Å². The summed E-state index contributed by atoms with van der Waals surface area (Å²) in [5.41, 5.74) is 4.68. The Bertz CT molecular complexity index is 1220. The highest BCUT2D eigenvalue weighted by Gasteiger charge is 2.28. The molecule has 0 aliphatic heterocycles. The second-order valence-corrected chi connectivity index (χ2v) is 7.24. The molecule has 30 heavy (non-hydrogen) atoms. The van der Waals surface area contributed by atoms with E-state index in [0.717, 1.165) is 11.1 Å². The second-order valence-electron chi connectivity index (χ2n) is 7.24. The number of fused-ring (bicyclic) bond motifs is 3. The molecule has 3 heteroatoms. The van der Waals surface area contributed by atoms with Crippen molar-refractivity contribution in [1.29, 1.82) is 0 Å². The first-order valence-corrected chi connectivity index (χ1v) is 9.66. The molecule has 0 saturated heterocycles. The zero-order valence-electron chi connectivity index (χ0n) is 16.0. The van der Waals surface area contributed by atoms with Crippen LogP contribution in [0.4, 0.5) is 0 Å². The van der Waals surface area contributed by atoms with Gasteiger partial charge in [0.05, 0.1) is 0 Å². The molecule has 0 spiro atoms. The van der Waals surface area contributed by atoms with Crippen molar-refractivity contribution in [3.8, 4) is 11.1 Å². The minimum Gasteiger partial charge on any atom is -0.289 e. The number of benzene rings is 4. The van der Waals surface area contributed by atoms with E-state index in [4.69, 9.17) is 0 Å². The molecule has 0 atom stereocenters. The molecule has 0 bridgehead atoms. The Morgan fingerprint density at radius 2 is 0.833 bits per heavy atom. The summed E-state index contributed by atoms with van der Waals surface area (Å²) in [7, 11) is 0. The molecule has 0 radical (unpaired) electrons. The maximum atomic E-state index is 13.1. The number of hydrogen-bond donors (Lipinski definition) is 0. The summed E-state index contributed by atoms with van der Waals surface area (Å²) in [6.07, 6.45) is 0. The van der Waals surface area contributed by atoms with E-state index < -0.39 is 0 Å². The lowest BCUT2D eigenvalue weighted by Gasteiger charge is -2.05. The molecule has 4 aromatic rings. The van der Waals surface area contributed by atoms with Gasteiger partial charge < -0.3 is 0 Å². The standard InChI is InChI=1S/C27H16O3/c28-25(17-7-3-1-4-8-17)19-11-13-21-22-14-12-20(16-24(22)27(30)23(21)15-19)26(29)18-9-5-2-6-10-18/h1-16H. The Morgan fingerprint density at radius 1 is 0.433 bits per heavy atom. The van der Waals surface area contributed by atoms with Gasteiger partial charge in [-0.25, -0.2) is 0 Å². The van der Waals surface area contributed by atoms with Crippen LogP contribution in [0.1, 0.15) is 47.8 Å². The van der Waals surface area contributed by atoms with Crippen LogP contribution in [0.5, 0.6) is 0 Å². The highest BCUT2D eigenvalue weighted by molar-refractivity contribution is 6.24. The summed E-state index contributed by atoms with van der Waals surface area (Å²) < 4.78 is 0. The van der Waals surface area contributed by atoms with Gasteiger partial charge in [-0.05, 0) is 23.3 Å². The number of hydrogen-bond acceptors (Lipinski definition) is 3. The largest absolute Gasteiger partial charge is 0.289 e. The first-order valence-electron chi connectivity index (χ1n) is 9.66. The van der Waals surface area contributed by atoms with Gasteiger partial charge in [-0.3, -0.25) is 14.4 Å². The van der Waals surface area contributed by atoms with Gasteiger partial charge in [-0.15, -0.1) is 0 Å². The van der Waals surface area contributed by atoms with Crippen molar-refractivity contribution < 1.29 is 14.4 Å². The van der Waals surface area contributed by atoms with Gasteiger partial charge >= 0.3 is 0 Å². The van der Waals surface area contributed by atoms with Gasteiger partial charge in [-0.1, -0.05) is 84.9 Å². The smallest absolute Gasteiger partial charge is 0.194 e. The predicted octanol–water partition coefficient (Wildman–Crippen LogP) is 5.36. The van der Waals surface area contributed by atoms with Crippen LogP contribution in [-0.4, -0.2) is 17.3 Å². The van der Waals surface area contributed by atoms with Crippen LogP contribution in [0, 0.1) is 0 Å². The number of rotatable bonds is 4. The number of carbonyl (C=O) groups excluding carboxylic acids is 3. The number of carbonyl (C=O) groups is 3. The summed E-state index contributed by atoms with van der Waals surface area (Å²) in [6, 6.07) is 28.4. The van der Waals surface area contributed by atoms with E-state index >= 15 is 0 Å². The fraction of sp³-hybridized carbons (Fsp3) is 0. The topological polar surface area (TPSA) is 51.2 Å². The SMILES string of the molecule is O=C(c1ccccc1)c1ccc2c(c1)C(=O)c1cc(C(=O)c3ccccc3)ccc1-2. The molecule has 1 aliphatic carbocycles. The Labute approximate surface area is 173 Å². The van der Waals surface area contributed by atoms with Crippen molar-refractivity contribution in [3.63, 3.8) is 0 Å². The highest BCUT2D eigenvalue weighted by atomic mass is 16.1. The molecule has 0 heterocycles. The number of ketones is 3. The van der Waals surface area contributed by atoms with E-state index in [1.54, 1.807) is 48.5 Å². The fourth-order valence-corrected chi connectivity index (χ4v) is 3.87. The van der Waals surface area contributed by atoms with Crippen molar-refractivity contribution >= 4 is 17.3 Å². The average Bonchev–Trinajstić information content (AvgIpc) is 3.10. The van der Waals surface area contributed by atoms with Crippen LogP contribution in [-0.2, 0) is 0 Å². The van der Waals surface area contributed by atoms with E-state index in [-0.39, 0.29) is 17.3 Å². The van der Waals surface area contributed by atoms with Gasteiger partial charge in [0.15, 0.2) is 17.3 Å². The highest BCUT2D eigenvalue weighted by Crippen LogP contribution is 2.38. The van der Waals surface area contributed by atoms with E-state index in [2.05, 4.69) is 0 Å². The van der Waals surface area contributed by atoms with Gasteiger partial charge in [0, 0.05) is 33.4 Å². The minimum atomic E-state index is -0.162. The van der Waals surface area contributed by atoms with E-state index in [1.165, 1.54) is 0 Å². The summed E-state index contributed by atoms with van der Waals surface area (Å²) in [5, 5.41) is 0. The van der Waals surface area contributed by atoms with Gasteiger partial charge in [0.25, 0.3) is 0 Å². The quantitative estimate of drug-likeness (QED) is 0.390. The van der Waals surface area contributed by atoms with E-state index in [0.29, 0.717) is 33.4 Å². The van der Waals surface area contributed by atoms with Crippen molar-refractivity contribution in [2.75, 3.05) is 0 Å². The third kappa shape index (κ3) is 2.88. The molecule has 0 amide bonds. The van der Waals surface area contributed by atoms with Gasteiger partial charge in [0.1, 0.15) is 0 Å². The Kier molecular flexibility index (Phi) is 4.22. The molecule has 0 aromatic heterocycles. The Morgan fingerprint density at radius 3 is 1.23 bits per heavy atom. The summed E-state index contributed by atoms with van der Waals surface area (Å²) in [4.78, 5) is 38.6. The van der Waals surface area contributed by atoms with Crippen molar-refractivity contribution in [2.24, 2.45) is 0 Å². The maximum Gasteiger partial charge on any atom is 0.194 e. The zero-order chi connectivity index (χ0) is 20.7. The molecule has 0 saturated carbocycles. The third-order valence-corrected chi connectivity index (χ3v) is 5.41. The first kappa shape index (κ1) is 18.0. The molecule has 3 nitrogen and oxygen atoms in total. The molecule has 1 aliphatic rings. The van der Waals surface area contributed by atoms with Gasteiger partial charge in [0.2, 0.25) is 0 Å². The summed E-state index contributed by atoms with van der Waals surface area (Å²) >= 11 is 0. The molecule has 5 rings (SSSR count). The molecule has 4 aromatic carbocycles. The van der Waals surface area contributed by atoms with E-state index in [9.17, 15) is 14.4 Å².